The van der Waals surface area contributed by atoms with E-state index in [4.69, 9.17) is 4.42 Å². The molecule has 2 amide bonds. The fourth-order valence-electron chi connectivity index (χ4n) is 1.94. The van der Waals surface area contributed by atoms with Gasteiger partial charge >= 0.3 is 0 Å². The summed E-state index contributed by atoms with van der Waals surface area (Å²) in [4.78, 5) is 24.4. The van der Waals surface area contributed by atoms with Gasteiger partial charge in [0.05, 0.1) is 12.0 Å². The number of phenolic OH excluding ortho intramolecular Hbond substituents is 1. The number of amides is 2. The molecule has 1 heterocycles. The predicted octanol–water partition coefficient (Wildman–Crippen LogP) is 2.38. The van der Waals surface area contributed by atoms with Crippen molar-refractivity contribution in [1.29, 1.82) is 0 Å². The number of benzene rings is 1. The summed E-state index contributed by atoms with van der Waals surface area (Å²) in [6.07, 6.45) is 1.39. The maximum atomic E-state index is 12.3. The van der Waals surface area contributed by atoms with Gasteiger partial charge in [0.25, 0.3) is 5.91 Å². The van der Waals surface area contributed by atoms with E-state index >= 15 is 0 Å². The molecular weight excluding hydrogens is 284 g/mol. The second-order valence-corrected chi connectivity index (χ2v) is 5.18. The summed E-state index contributed by atoms with van der Waals surface area (Å²) in [5.74, 6) is -0.894. The highest BCUT2D eigenvalue weighted by molar-refractivity contribution is 6.00. The first-order valence-electron chi connectivity index (χ1n) is 6.92. The van der Waals surface area contributed by atoms with Crippen LogP contribution in [0.25, 0.3) is 0 Å². The Labute approximate surface area is 128 Å². The maximum Gasteiger partial charge on any atom is 0.287 e. The van der Waals surface area contributed by atoms with Crippen LogP contribution in [0.5, 0.6) is 5.75 Å². The maximum absolute atomic E-state index is 12.3. The van der Waals surface area contributed by atoms with Crippen molar-refractivity contribution in [2.45, 2.75) is 19.9 Å². The summed E-state index contributed by atoms with van der Waals surface area (Å²) in [7, 11) is 0. The molecule has 3 N–H and O–H groups in total. The van der Waals surface area contributed by atoms with E-state index in [9.17, 15) is 14.7 Å². The lowest BCUT2D eigenvalue weighted by Gasteiger charge is -2.21. The van der Waals surface area contributed by atoms with Crippen molar-refractivity contribution < 1.29 is 19.1 Å². The van der Waals surface area contributed by atoms with E-state index in [1.165, 1.54) is 18.4 Å². The number of carbonyl (C=O) groups excluding carboxylic acids is 2. The number of para-hydroxylation sites is 2. The average Bonchev–Trinajstić information content (AvgIpc) is 3.00. The van der Waals surface area contributed by atoms with Crippen LogP contribution in [0.3, 0.4) is 0 Å². The molecule has 2 rings (SSSR count). The van der Waals surface area contributed by atoms with E-state index in [2.05, 4.69) is 10.6 Å². The first-order chi connectivity index (χ1) is 10.5. The van der Waals surface area contributed by atoms with Crippen LogP contribution in [-0.4, -0.2) is 23.0 Å². The van der Waals surface area contributed by atoms with Crippen LogP contribution in [0, 0.1) is 5.92 Å². The zero-order valence-electron chi connectivity index (χ0n) is 12.4. The van der Waals surface area contributed by atoms with Gasteiger partial charge in [-0.15, -0.1) is 0 Å². The topological polar surface area (TPSA) is 91.6 Å². The minimum atomic E-state index is -0.753. The third kappa shape index (κ3) is 3.66. The van der Waals surface area contributed by atoms with Gasteiger partial charge in [0.15, 0.2) is 5.76 Å². The Balaban J connectivity index is 2.09. The number of phenols is 1. The molecule has 1 aromatic carbocycles. The van der Waals surface area contributed by atoms with Gasteiger partial charge in [-0.1, -0.05) is 26.0 Å². The predicted molar refractivity (Wildman–Crippen MR) is 81.5 cm³/mol. The molecule has 116 valence electrons. The smallest absolute Gasteiger partial charge is 0.287 e. The largest absolute Gasteiger partial charge is 0.506 e. The number of anilines is 1. The molecule has 6 heteroatoms. The van der Waals surface area contributed by atoms with Gasteiger partial charge in [-0.2, -0.15) is 0 Å². The van der Waals surface area contributed by atoms with E-state index in [-0.39, 0.29) is 17.4 Å². The van der Waals surface area contributed by atoms with Gasteiger partial charge in [-0.25, -0.2) is 0 Å². The number of nitrogens with one attached hydrogen (secondary N) is 2. The molecule has 1 aromatic heterocycles. The van der Waals surface area contributed by atoms with Crippen molar-refractivity contribution in [1.82, 2.24) is 5.32 Å². The summed E-state index contributed by atoms with van der Waals surface area (Å²) in [5.41, 5.74) is 0.297. The second kappa shape index (κ2) is 6.80. The van der Waals surface area contributed by atoms with Gasteiger partial charge in [0.2, 0.25) is 5.91 Å². The highest BCUT2D eigenvalue weighted by Crippen LogP contribution is 2.22. The molecule has 0 unspecified atom stereocenters. The molecule has 22 heavy (non-hydrogen) atoms. The van der Waals surface area contributed by atoms with E-state index < -0.39 is 17.9 Å². The van der Waals surface area contributed by atoms with Crippen LogP contribution in [0.4, 0.5) is 5.69 Å². The van der Waals surface area contributed by atoms with Crippen molar-refractivity contribution in [3.05, 3.63) is 48.4 Å². The molecule has 0 aliphatic rings. The van der Waals surface area contributed by atoms with Crippen LogP contribution in [0.15, 0.2) is 47.1 Å². The molecule has 0 radical (unpaired) electrons. The quantitative estimate of drug-likeness (QED) is 0.739. The first kappa shape index (κ1) is 15.6. The Bertz CT molecular complexity index is 650. The molecule has 2 aromatic rings. The molecule has 0 saturated carbocycles. The normalized spacial score (nSPS) is 12.0. The number of hydrogen-bond donors (Lipinski definition) is 3. The van der Waals surface area contributed by atoms with E-state index in [0.29, 0.717) is 5.69 Å². The minimum Gasteiger partial charge on any atom is -0.506 e. The fraction of sp³-hybridized carbons (Fsp3) is 0.250. The van der Waals surface area contributed by atoms with Crippen LogP contribution in [-0.2, 0) is 4.79 Å². The summed E-state index contributed by atoms with van der Waals surface area (Å²) >= 11 is 0. The lowest BCUT2D eigenvalue weighted by molar-refractivity contribution is -0.118. The molecule has 0 spiro atoms. The number of furan rings is 1. The van der Waals surface area contributed by atoms with Crippen LogP contribution in [0.1, 0.15) is 24.4 Å². The lowest BCUT2D eigenvalue weighted by atomic mass is 10.0. The lowest BCUT2D eigenvalue weighted by Crippen LogP contribution is -2.47. The Morgan fingerprint density at radius 3 is 2.45 bits per heavy atom. The number of rotatable bonds is 5. The summed E-state index contributed by atoms with van der Waals surface area (Å²) in [6.45, 7) is 3.63. The number of aromatic hydroxyl groups is 1. The van der Waals surface area contributed by atoms with Crippen molar-refractivity contribution in [2.24, 2.45) is 5.92 Å². The standard InChI is InChI=1S/C16H18N2O4/c1-10(2)14(18-15(20)13-8-5-9-22-13)16(21)17-11-6-3-4-7-12(11)19/h3-10,14,19H,1-2H3,(H,17,21)(H,18,20)/t14-/m0/s1. The van der Waals surface area contributed by atoms with Crippen molar-refractivity contribution in [3.8, 4) is 5.75 Å². The second-order valence-electron chi connectivity index (χ2n) is 5.18. The SMILES string of the molecule is CC(C)[C@H](NC(=O)c1ccco1)C(=O)Nc1ccccc1O. The highest BCUT2D eigenvalue weighted by Gasteiger charge is 2.26. The molecule has 0 aliphatic heterocycles. The van der Waals surface area contributed by atoms with E-state index in [1.54, 1.807) is 24.3 Å². The number of hydrogen-bond acceptors (Lipinski definition) is 4. The zero-order chi connectivity index (χ0) is 16.1. The van der Waals surface area contributed by atoms with Gasteiger partial charge < -0.3 is 20.2 Å². The molecule has 0 saturated heterocycles. The van der Waals surface area contributed by atoms with E-state index in [0.717, 1.165) is 0 Å². The Morgan fingerprint density at radius 2 is 1.86 bits per heavy atom. The average molecular weight is 302 g/mol. The molecule has 6 nitrogen and oxygen atoms in total. The fourth-order valence-corrected chi connectivity index (χ4v) is 1.94. The van der Waals surface area contributed by atoms with Crippen LogP contribution >= 0.6 is 0 Å². The summed E-state index contributed by atoms with van der Waals surface area (Å²) < 4.78 is 5.01. The van der Waals surface area contributed by atoms with Crippen molar-refractivity contribution in [2.75, 3.05) is 5.32 Å². The molecule has 0 aliphatic carbocycles. The third-order valence-corrected chi connectivity index (χ3v) is 3.14. The summed E-state index contributed by atoms with van der Waals surface area (Å²) in [6, 6.07) is 8.78. The van der Waals surface area contributed by atoms with E-state index in [1.807, 2.05) is 13.8 Å². The Hall–Kier alpha value is -2.76. The molecule has 0 bridgehead atoms. The van der Waals surface area contributed by atoms with Gasteiger partial charge in [0, 0.05) is 0 Å². The Kier molecular flexibility index (Phi) is 4.83. The van der Waals surface area contributed by atoms with Crippen LogP contribution < -0.4 is 10.6 Å². The van der Waals surface area contributed by atoms with Crippen LogP contribution in [0.2, 0.25) is 0 Å². The molecule has 1 atom stereocenters. The first-order valence-corrected chi connectivity index (χ1v) is 6.92. The molecule has 0 fully saturated rings. The van der Waals surface area contributed by atoms with Crippen molar-refractivity contribution >= 4 is 17.5 Å². The van der Waals surface area contributed by atoms with Gasteiger partial charge in [-0.3, -0.25) is 9.59 Å². The third-order valence-electron chi connectivity index (χ3n) is 3.14. The zero-order valence-corrected chi connectivity index (χ0v) is 12.4. The van der Waals surface area contributed by atoms with Gasteiger partial charge in [-0.05, 0) is 30.2 Å². The molecular formula is C16H18N2O4. The highest BCUT2D eigenvalue weighted by atomic mass is 16.3. The summed E-state index contributed by atoms with van der Waals surface area (Å²) in [5, 5.41) is 14.9. The Morgan fingerprint density at radius 1 is 1.14 bits per heavy atom. The monoisotopic (exact) mass is 302 g/mol. The van der Waals surface area contributed by atoms with Gasteiger partial charge in [0.1, 0.15) is 11.8 Å². The van der Waals surface area contributed by atoms with Crippen molar-refractivity contribution in [3.63, 3.8) is 0 Å². The number of carbonyl (C=O) groups is 2. The minimum absolute atomic E-state index is 0.0317.